The maximum Gasteiger partial charge on any atom is 0.256 e. The van der Waals surface area contributed by atoms with Crippen LogP contribution < -0.4 is 5.56 Å². The van der Waals surface area contributed by atoms with Gasteiger partial charge in [0, 0.05) is 23.7 Å². The lowest BCUT2D eigenvalue weighted by Crippen LogP contribution is -2.48. The number of aromatic amines is 2. The first-order valence-electron chi connectivity index (χ1n) is 7.34. The Labute approximate surface area is 138 Å². The van der Waals surface area contributed by atoms with Gasteiger partial charge in [-0.3, -0.25) is 14.7 Å². The lowest BCUT2D eigenvalue weighted by atomic mass is 9.81. The zero-order chi connectivity index (χ0) is 15.5. The van der Waals surface area contributed by atoms with Crippen LogP contribution in [0.25, 0.3) is 0 Å². The van der Waals surface area contributed by atoms with E-state index in [1.807, 2.05) is 6.07 Å². The van der Waals surface area contributed by atoms with E-state index in [1.54, 1.807) is 0 Å². The number of rotatable bonds is 0. The molecule has 1 aliphatic carbocycles. The number of fused-ring (bicyclic) bond motifs is 3. The Kier molecular flexibility index (Phi) is 3.08. The molecule has 4 nitrogen and oxygen atoms in total. The highest BCUT2D eigenvalue weighted by Crippen LogP contribution is 2.46. The van der Waals surface area contributed by atoms with E-state index in [-0.39, 0.29) is 11.1 Å². The SMILES string of the molecule is CN1Cc2c([nH]c(=S)[nH]c2=O)CC12CCc1ccc(Cl)cc12. The van der Waals surface area contributed by atoms with Gasteiger partial charge < -0.3 is 4.98 Å². The van der Waals surface area contributed by atoms with Gasteiger partial charge in [0.2, 0.25) is 0 Å². The van der Waals surface area contributed by atoms with Gasteiger partial charge in [0.25, 0.3) is 5.56 Å². The summed E-state index contributed by atoms with van der Waals surface area (Å²) >= 11 is 11.4. The summed E-state index contributed by atoms with van der Waals surface area (Å²) in [5.41, 5.74) is 4.21. The number of hydrogen-bond acceptors (Lipinski definition) is 3. The smallest absolute Gasteiger partial charge is 0.256 e. The summed E-state index contributed by atoms with van der Waals surface area (Å²) in [5.74, 6) is 0. The molecule has 1 aliphatic heterocycles. The van der Waals surface area contributed by atoms with E-state index in [4.69, 9.17) is 23.8 Å². The number of H-pyrrole nitrogens is 2. The first-order valence-corrected chi connectivity index (χ1v) is 8.13. The van der Waals surface area contributed by atoms with Crippen molar-refractivity contribution in [2.24, 2.45) is 0 Å². The molecule has 1 atom stereocenters. The maximum atomic E-state index is 12.1. The first kappa shape index (κ1) is 14.2. The summed E-state index contributed by atoms with van der Waals surface area (Å²) in [5, 5.41) is 0.762. The van der Waals surface area contributed by atoms with Gasteiger partial charge in [-0.05, 0) is 55.4 Å². The molecule has 2 aromatic rings. The van der Waals surface area contributed by atoms with Gasteiger partial charge in [-0.15, -0.1) is 0 Å². The van der Waals surface area contributed by atoms with Crippen LogP contribution >= 0.6 is 23.8 Å². The largest absolute Gasteiger partial charge is 0.335 e. The van der Waals surface area contributed by atoms with Crippen LogP contribution in [-0.4, -0.2) is 21.9 Å². The summed E-state index contributed by atoms with van der Waals surface area (Å²) in [6, 6.07) is 6.15. The molecule has 1 spiro atoms. The zero-order valence-corrected chi connectivity index (χ0v) is 13.8. The van der Waals surface area contributed by atoms with Crippen molar-refractivity contribution in [3.05, 3.63) is 60.7 Å². The van der Waals surface area contributed by atoms with Crippen LogP contribution in [0, 0.1) is 4.77 Å². The van der Waals surface area contributed by atoms with Crippen LogP contribution in [0.5, 0.6) is 0 Å². The van der Waals surface area contributed by atoms with Crippen molar-refractivity contribution in [3.63, 3.8) is 0 Å². The summed E-state index contributed by atoms with van der Waals surface area (Å²) in [7, 11) is 2.08. The molecule has 22 heavy (non-hydrogen) atoms. The van der Waals surface area contributed by atoms with Crippen molar-refractivity contribution >= 4 is 23.8 Å². The molecule has 0 amide bonds. The number of halogens is 1. The first-order chi connectivity index (χ1) is 10.5. The topological polar surface area (TPSA) is 51.9 Å². The number of nitrogens with one attached hydrogen (secondary N) is 2. The minimum absolute atomic E-state index is 0.0789. The van der Waals surface area contributed by atoms with Crippen molar-refractivity contribution in [1.82, 2.24) is 14.9 Å². The van der Waals surface area contributed by atoms with E-state index in [0.29, 0.717) is 11.3 Å². The molecule has 6 heteroatoms. The van der Waals surface area contributed by atoms with Crippen molar-refractivity contribution in [1.29, 1.82) is 0 Å². The average Bonchev–Trinajstić information content (AvgIpc) is 2.81. The molecule has 1 aromatic heterocycles. The third kappa shape index (κ3) is 1.93. The van der Waals surface area contributed by atoms with Crippen LogP contribution in [0.3, 0.4) is 0 Å². The Morgan fingerprint density at radius 3 is 3.00 bits per heavy atom. The van der Waals surface area contributed by atoms with Crippen LogP contribution in [-0.2, 0) is 24.9 Å². The number of hydrogen-bond donors (Lipinski definition) is 2. The van der Waals surface area contributed by atoms with Gasteiger partial charge >= 0.3 is 0 Å². The van der Waals surface area contributed by atoms with Crippen LogP contribution in [0.15, 0.2) is 23.0 Å². The maximum absolute atomic E-state index is 12.1. The Balaban J connectivity index is 1.91. The number of aryl methyl sites for hydroxylation is 1. The van der Waals surface area contributed by atoms with Crippen molar-refractivity contribution in [2.45, 2.75) is 31.3 Å². The number of benzene rings is 1. The summed E-state index contributed by atoms with van der Waals surface area (Å²) in [6.45, 7) is 0.614. The van der Waals surface area contributed by atoms with Gasteiger partial charge in [-0.2, -0.15) is 0 Å². The van der Waals surface area contributed by atoms with E-state index in [9.17, 15) is 4.79 Å². The summed E-state index contributed by atoms with van der Waals surface area (Å²) in [6.07, 6.45) is 2.84. The molecule has 4 rings (SSSR count). The monoisotopic (exact) mass is 333 g/mol. The molecule has 0 radical (unpaired) electrons. The average molecular weight is 334 g/mol. The normalized spacial score (nSPS) is 23.5. The molecule has 114 valence electrons. The quantitative estimate of drug-likeness (QED) is 0.729. The molecule has 0 bridgehead atoms. The van der Waals surface area contributed by atoms with E-state index in [2.05, 4.69) is 34.0 Å². The third-order valence-electron chi connectivity index (χ3n) is 5.11. The van der Waals surface area contributed by atoms with Crippen LogP contribution in [0.2, 0.25) is 5.02 Å². The van der Waals surface area contributed by atoms with Gasteiger partial charge in [0.1, 0.15) is 0 Å². The molecule has 0 saturated carbocycles. The second-order valence-electron chi connectivity index (χ2n) is 6.23. The molecule has 2 aliphatic rings. The fourth-order valence-electron chi connectivity index (χ4n) is 3.95. The lowest BCUT2D eigenvalue weighted by Gasteiger charge is -2.43. The second-order valence-corrected chi connectivity index (χ2v) is 7.08. The molecule has 2 N–H and O–H groups in total. The van der Waals surface area contributed by atoms with Gasteiger partial charge in [0.15, 0.2) is 4.77 Å². The number of aromatic nitrogens is 2. The highest BCUT2D eigenvalue weighted by Gasteiger charge is 2.45. The van der Waals surface area contributed by atoms with E-state index in [1.165, 1.54) is 11.1 Å². The molecule has 1 unspecified atom stereocenters. The standard InChI is InChI=1S/C16H16ClN3OS/c1-20-8-11-13(18-15(22)19-14(11)21)7-16(20)5-4-9-2-3-10(17)6-12(9)16/h2-3,6H,4-5,7-8H2,1H3,(H2,18,19,21,22). The Bertz CT molecular complexity index is 888. The predicted molar refractivity (Wildman–Crippen MR) is 88.9 cm³/mol. The summed E-state index contributed by atoms with van der Waals surface area (Å²) < 4.78 is 0.396. The minimum Gasteiger partial charge on any atom is -0.335 e. The van der Waals surface area contributed by atoms with Crippen molar-refractivity contribution < 1.29 is 0 Å². The Morgan fingerprint density at radius 2 is 2.18 bits per heavy atom. The van der Waals surface area contributed by atoms with Gasteiger partial charge in [-0.25, -0.2) is 0 Å². The highest BCUT2D eigenvalue weighted by molar-refractivity contribution is 7.71. The molecule has 2 heterocycles. The number of nitrogens with zero attached hydrogens (tertiary/aromatic N) is 1. The second kappa shape index (κ2) is 4.78. The zero-order valence-electron chi connectivity index (χ0n) is 12.2. The van der Waals surface area contributed by atoms with Crippen LogP contribution in [0.4, 0.5) is 0 Å². The van der Waals surface area contributed by atoms with Crippen molar-refractivity contribution in [3.8, 4) is 0 Å². The molecular weight excluding hydrogens is 318 g/mol. The van der Waals surface area contributed by atoms with E-state index in [0.717, 1.165) is 35.5 Å². The highest BCUT2D eigenvalue weighted by atomic mass is 35.5. The summed E-state index contributed by atoms with van der Waals surface area (Å²) in [4.78, 5) is 20.3. The van der Waals surface area contributed by atoms with Crippen LogP contribution in [0.1, 0.15) is 28.8 Å². The third-order valence-corrected chi connectivity index (χ3v) is 5.55. The molecular formula is C16H16ClN3OS. The van der Waals surface area contributed by atoms with Crippen molar-refractivity contribution in [2.75, 3.05) is 7.05 Å². The molecule has 0 fully saturated rings. The number of likely N-dealkylation sites (N-methyl/N-ethyl adjacent to an activating group) is 1. The molecule has 1 aromatic carbocycles. The minimum atomic E-state index is -0.0979. The van der Waals surface area contributed by atoms with E-state index < -0.39 is 0 Å². The fraction of sp³-hybridized carbons (Fsp3) is 0.375. The van der Waals surface area contributed by atoms with E-state index >= 15 is 0 Å². The Morgan fingerprint density at radius 1 is 1.36 bits per heavy atom. The van der Waals surface area contributed by atoms with Gasteiger partial charge in [0.05, 0.1) is 11.1 Å². The molecule has 0 saturated heterocycles. The van der Waals surface area contributed by atoms with Gasteiger partial charge in [-0.1, -0.05) is 17.7 Å². The Hall–Kier alpha value is -1.43. The lowest BCUT2D eigenvalue weighted by molar-refractivity contribution is 0.0922. The fourth-order valence-corrected chi connectivity index (χ4v) is 4.34. The predicted octanol–water partition coefficient (Wildman–Crippen LogP) is 2.92.